The van der Waals surface area contributed by atoms with Crippen molar-refractivity contribution in [3.05, 3.63) is 47.3 Å². The van der Waals surface area contributed by atoms with Crippen molar-refractivity contribution in [2.24, 2.45) is 12.8 Å². The molecule has 0 spiro atoms. The van der Waals surface area contributed by atoms with E-state index in [2.05, 4.69) is 47.3 Å². The summed E-state index contributed by atoms with van der Waals surface area (Å²) in [5.41, 5.74) is 11.3. The Morgan fingerprint density at radius 1 is 1.33 bits per heavy atom. The van der Waals surface area contributed by atoms with Crippen LogP contribution in [-0.2, 0) is 20.0 Å². The van der Waals surface area contributed by atoms with Crippen molar-refractivity contribution in [2.45, 2.75) is 38.8 Å². The Bertz CT molecular complexity index is 617. The zero-order chi connectivity index (χ0) is 14.8. The van der Waals surface area contributed by atoms with Crippen molar-refractivity contribution in [1.82, 2.24) is 9.78 Å². The monoisotopic (exact) mass is 284 g/mol. The van der Waals surface area contributed by atoms with Crippen molar-refractivity contribution < 1.29 is 0 Å². The third-order valence-electron chi connectivity index (χ3n) is 4.36. The van der Waals surface area contributed by atoms with E-state index in [0.29, 0.717) is 0 Å². The second-order valence-corrected chi connectivity index (χ2v) is 5.83. The Labute approximate surface area is 126 Å². The highest BCUT2D eigenvalue weighted by atomic mass is 15.3. The van der Waals surface area contributed by atoms with Crippen molar-refractivity contribution in [3.8, 4) is 0 Å². The number of aryl methyl sites for hydroxylation is 2. The molecule has 0 aliphatic carbocycles. The van der Waals surface area contributed by atoms with Gasteiger partial charge in [-0.1, -0.05) is 25.1 Å². The van der Waals surface area contributed by atoms with Crippen molar-refractivity contribution >= 4 is 5.69 Å². The first-order valence-corrected chi connectivity index (χ1v) is 7.80. The predicted molar refractivity (Wildman–Crippen MR) is 86.2 cm³/mol. The molecule has 21 heavy (non-hydrogen) atoms. The quantitative estimate of drug-likeness (QED) is 0.942. The standard InChI is InChI=1S/C17H24N4/c1-3-13-11-14(20(2)19-13)12-21-10-6-8-16(18)15-7-4-5-9-17(15)21/h4-5,7,9,11,16H,3,6,8,10,12,18H2,1-2H3. The summed E-state index contributed by atoms with van der Waals surface area (Å²) in [6.45, 7) is 4.09. The van der Waals surface area contributed by atoms with Gasteiger partial charge in [0.1, 0.15) is 0 Å². The summed E-state index contributed by atoms with van der Waals surface area (Å²) in [5.74, 6) is 0. The van der Waals surface area contributed by atoms with Crippen LogP contribution < -0.4 is 10.6 Å². The molecule has 4 heteroatoms. The Morgan fingerprint density at radius 2 is 2.14 bits per heavy atom. The molecule has 112 valence electrons. The molecule has 1 atom stereocenters. The summed E-state index contributed by atoms with van der Waals surface area (Å²) >= 11 is 0. The normalized spacial score (nSPS) is 18.4. The van der Waals surface area contributed by atoms with Crippen LogP contribution in [-0.4, -0.2) is 16.3 Å². The van der Waals surface area contributed by atoms with E-state index in [4.69, 9.17) is 5.73 Å². The van der Waals surface area contributed by atoms with Gasteiger partial charge in [0.2, 0.25) is 0 Å². The fraction of sp³-hybridized carbons (Fsp3) is 0.471. The lowest BCUT2D eigenvalue weighted by atomic mass is 10.0. The molecule has 1 aromatic heterocycles. The van der Waals surface area contributed by atoms with Gasteiger partial charge in [-0.3, -0.25) is 4.68 Å². The Balaban J connectivity index is 1.91. The molecule has 1 aliphatic rings. The number of hydrogen-bond donors (Lipinski definition) is 1. The molecule has 0 fully saturated rings. The van der Waals surface area contributed by atoms with Crippen LogP contribution >= 0.6 is 0 Å². The highest BCUT2D eigenvalue weighted by molar-refractivity contribution is 5.56. The Kier molecular flexibility index (Phi) is 3.97. The van der Waals surface area contributed by atoms with E-state index in [1.807, 2.05) is 11.7 Å². The lowest BCUT2D eigenvalue weighted by molar-refractivity contribution is 0.617. The summed E-state index contributed by atoms with van der Waals surface area (Å²) in [6.07, 6.45) is 3.17. The average Bonchev–Trinajstić information content (AvgIpc) is 2.78. The predicted octanol–water partition coefficient (Wildman–Crippen LogP) is 2.78. The topological polar surface area (TPSA) is 47.1 Å². The maximum atomic E-state index is 6.31. The van der Waals surface area contributed by atoms with E-state index in [0.717, 1.165) is 38.0 Å². The summed E-state index contributed by atoms with van der Waals surface area (Å²) < 4.78 is 2.01. The van der Waals surface area contributed by atoms with E-state index >= 15 is 0 Å². The van der Waals surface area contributed by atoms with E-state index in [9.17, 15) is 0 Å². The summed E-state index contributed by atoms with van der Waals surface area (Å²) in [4.78, 5) is 2.44. The summed E-state index contributed by atoms with van der Waals surface area (Å²) in [6, 6.07) is 10.9. The minimum atomic E-state index is 0.156. The van der Waals surface area contributed by atoms with Crippen LogP contribution in [0, 0.1) is 0 Å². The van der Waals surface area contributed by atoms with Gasteiger partial charge in [0.25, 0.3) is 0 Å². The Morgan fingerprint density at radius 3 is 2.90 bits per heavy atom. The number of benzene rings is 1. The van der Waals surface area contributed by atoms with Gasteiger partial charge in [-0.15, -0.1) is 0 Å². The largest absolute Gasteiger partial charge is 0.365 e. The SMILES string of the molecule is CCc1cc(CN2CCCC(N)c3ccccc32)n(C)n1. The van der Waals surface area contributed by atoms with Gasteiger partial charge < -0.3 is 10.6 Å². The van der Waals surface area contributed by atoms with Crippen LogP contribution in [0.25, 0.3) is 0 Å². The molecule has 0 amide bonds. The van der Waals surface area contributed by atoms with Gasteiger partial charge >= 0.3 is 0 Å². The minimum absolute atomic E-state index is 0.156. The molecule has 0 saturated carbocycles. The highest BCUT2D eigenvalue weighted by Gasteiger charge is 2.21. The number of para-hydroxylation sites is 1. The first-order valence-electron chi connectivity index (χ1n) is 7.80. The summed E-state index contributed by atoms with van der Waals surface area (Å²) in [7, 11) is 2.03. The molecule has 4 nitrogen and oxygen atoms in total. The molecular formula is C17H24N4. The van der Waals surface area contributed by atoms with Gasteiger partial charge in [-0.2, -0.15) is 5.10 Å². The van der Waals surface area contributed by atoms with Crippen LogP contribution in [0.1, 0.15) is 42.8 Å². The lowest BCUT2D eigenvalue weighted by Crippen LogP contribution is -2.25. The average molecular weight is 284 g/mol. The fourth-order valence-electron chi connectivity index (χ4n) is 3.12. The first kappa shape index (κ1) is 14.1. The van der Waals surface area contributed by atoms with Gasteiger partial charge in [-0.05, 0) is 37.0 Å². The second-order valence-electron chi connectivity index (χ2n) is 5.83. The molecule has 0 saturated heterocycles. The Hall–Kier alpha value is -1.81. The van der Waals surface area contributed by atoms with Crippen molar-refractivity contribution in [3.63, 3.8) is 0 Å². The number of hydrogen-bond acceptors (Lipinski definition) is 3. The third-order valence-corrected chi connectivity index (χ3v) is 4.36. The highest BCUT2D eigenvalue weighted by Crippen LogP contribution is 2.32. The lowest BCUT2D eigenvalue weighted by Gasteiger charge is -2.25. The van der Waals surface area contributed by atoms with Gasteiger partial charge in [0, 0.05) is 25.3 Å². The summed E-state index contributed by atoms with van der Waals surface area (Å²) in [5, 5.41) is 4.55. The number of nitrogens with zero attached hydrogens (tertiary/aromatic N) is 3. The minimum Gasteiger partial charge on any atom is -0.365 e. The van der Waals surface area contributed by atoms with Crippen LogP contribution in [0.2, 0.25) is 0 Å². The molecule has 1 aromatic carbocycles. The molecule has 1 unspecified atom stereocenters. The molecule has 3 rings (SSSR count). The van der Waals surface area contributed by atoms with Gasteiger partial charge in [0.05, 0.1) is 17.9 Å². The first-order chi connectivity index (χ1) is 10.2. The van der Waals surface area contributed by atoms with Crippen LogP contribution in [0.3, 0.4) is 0 Å². The molecule has 2 N–H and O–H groups in total. The van der Waals surface area contributed by atoms with Crippen molar-refractivity contribution in [2.75, 3.05) is 11.4 Å². The third kappa shape index (κ3) is 2.81. The number of rotatable bonds is 3. The van der Waals surface area contributed by atoms with E-state index in [1.54, 1.807) is 0 Å². The van der Waals surface area contributed by atoms with Crippen LogP contribution in [0.5, 0.6) is 0 Å². The van der Waals surface area contributed by atoms with Crippen molar-refractivity contribution in [1.29, 1.82) is 0 Å². The van der Waals surface area contributed by atoms with E-state index in [-0.39, 0.29) is 6.04 Å². The number of fused-ring (bicyclic) bond motifs is 1. The molecular weight excluding hydrogens is 260 g/mol. The van der Waals surface area contributed by atoms with Crippen LogP contribution in [0.4, 0.5) is 5.69 Å². The zero-order valence-electron chi connectivity index (χ0n) is 12.9. The van der Waals surface area contributed by atoms with Gasteiger partial charge in [-0.25, -0.2) is 0 Å². The van der Waals surface area contributed by atoms with Crippen LogP contribution in [0.15, 0.2) is 30.3 Å². The molecule has 2 aromatic rings. The maximum Gasteiger partial charge on any atom is 0.0625 e. The number of anilines is 1. The van der Waals surface area contributed by atoms with E-state index < -0.39 is 0 Å². The maximum absolute atomic E-state index is 6.31. The number of aromatic nitrogens is 2. The molecule has 0 radical (unpaired) electrons. The van der Waals surface area contributed by atoms with E-state index in [1.165, 1.54) is 16.9 Å². The molecule has 1 aliphatic heterocycles. The smallest absolute Gasteiger partial charge is 0.0625 e. The van der Waals surface area contributed by atoms with Gasteiger partial charge in [0.15, 0.2) is 0 Å². The fourth-order valence-corrected chi connectivity index (χ4v) is 3.12. The molecule has 0 bridgehead atoms. The molecule has 2 heterocycles. The number of nitrogens with two attached hydrogens (primary N) is 1. The second kappa shape index (κ2) is 5.90. The zero-order valence-corrected chi connectivity index (χ0v) is 12.9.